The van der Waals surface area contributed by atoms with Crippen molar-refractivity contribution in [1.29, 1.82) is 0 Å². The third-order valence-corrected chi connectivity index (χ3v) is 9.78. The molecule has 0 fully saturated rings. The average molecular weight is 563 g/mol. The van der Waals surface area contributed by atoms with Gasteiger partial charge in [0.15, 0.2) is 0 Å². The topological polar surface area (TPSA) is 69.7 Å². The Kier molecular flexibility index (Phi) is 8.63. The minimum atomic E-state index is -4.46. The van der Waals surface area contributed by atoms with Crippen molar-refractivity contribution in [3.63, 3.8) is 0 Å². The van der Waals surface area contributed by atoms with Crippen molar-refractivity contribution in [2.24, 2.45) is 0 Å². The fourth-order valence-corrected chi connectivity index (χ4v) is 7.17. The molecule has 6 heteroatoms. The summed E-state index contributed by atoms with van der Waals surface area (Å²) in [4.78, 5) is 29.6. The van der Waals surface area contributed by atoms with Crippen LogP contribution in [-0.2, 0) is 20.8 Å². The van der Waals surface area contributed by atoms with Crippen molar-refractivity contribution >= 4 is 23.5 Å². The summed E-state index contributed by atoms with van der Waals surface area (Å²) in [7, 11) is -1.60. The summed E-state index contributed by atoms with van der Waals surface area (Å²) < 4.78 is 26.4. The highest BCUT2D eigenvalue weighted by Gasteiger charge is 2.48. The first-order valence-corrected chi connectivity index (χ1v) is 15.3. The van der Waals surface area contributed by atoms with Crippen molar-refractivity contribution in [1.82, 2.24) is 0 Å². The number of rotatable bonds is 7. The van der Waals surface area contributed by atoms with E-state index in [1.807, 2.05) is 53.7 Å². The van der Waals surface area contributed by atoms with Gasteiger partial charge >= 0.3 is 0 Å². The van der Waals surface area contributed by atoms with E-state index >= 15 is 9.36 Å². The maximum absolute atomic E-state index is 15.4. The first-order chi connectivity index (χ1) is 18.4. The minimum absolute atomic E-state index is 0.00559. The van der Waals surface area contributed by atoms with E-state index in [9.17, 15) is 4.79 Å². The third kappa shape index (κ3) is 5.81. The average Bonchev–Trinajstić information content (AvgIpc) is 2.89. The Labute approximate surface area is 239 Å². The molecule has 214 valence electrons. The molecule has 3 aromatic carbocycles. The van der Waals surface area contributed by atoms with Crippen LogP contribution >= 0.6 is 7.14 Å². The van der Waals surface area contributed by atoms with Crippen LogP contribution in [0.15, 0.2) is 60.7 Å². The molecule has 0 spiro atoms. The maximum atomic E-state index is 15.4. The standard InChI is InChI=1S/C34H43O5P/c1-32(2,3)22-20-24(33(4,5)6)28(25(21-22)34(7,8)9)30(35)40(37,23-16-13-12-14-17-23)31(36)29-26(38-10)18-15-19-27(29)39-11/h12-21H,1-11H3. The SMILES string of the molecule is COc1cccc(OC)c1C(=O)P(=O)(C(=O)c1c(C(C)(C)C)cc(C(C)(C)C)cc1C(C)(C)C)c1ccccc1. The molecule has 0 N–H and O–H groups in total. The lowest BCUT2D eigenvalue weighted by molar-refractivity contribution is 0.103. The predicted octanol–water partition coefficient (Wildman–Crippen LogP) is 8.27. The van der Waals surface area contributed by atoms with Gasteiger partial charge in [0.25, 0.3) is 0 Å². The second-order valence-corrected chi connectivity index (χ2v) is 15.8. The smallest absolute Gasteiger partial charge is 0.249 e. The number of carbonyl (C=O) groups excluding carboxylic acids is 2. The first kappa shape index (κ1) is 31.4. The van der Waals surface area contributed by atoms with Gasteiger partial charge in [0.05, 0.1) is 14.2 Å². The quantitative estimate of drug-likeness (QED) is 0.271. The van der Waals surface area contributed by atoms with Crippen molar-refractivity contribution in [2.45, 2.75) is 78.6 Å². The monoisotopic (exact) mass is 562 g/mol. The second-order valence-electron chi connectivity index (χ2n) is 13.3. The van der Waals surface area contributed by atoms with Crippen LogP contribution in [0.3, 0.4) is 0 Å². The fourth-order valence-electron chi connectivity index (χ4n) is 4.83. The largest absolute Gasteiger partial charge is 0.496 e. The first-order valence-electron chi connectivity index (χ1n) is 13.5. The summed E-state index contributed by atoms with van der Waals surface area (Å²) in [5, 5.41) is 0.178. The molecule has 0 saturated heterocycles. The van der Waals surface area contributed by atoms with Crippen molar-refractivity contribution in [3.8, 4) is 11.5 Å². The number of ether oxygens (including phenoxy) is 2. The Morgan fingerprint density at radius 2 is 1.02 bits per heavy atom. The van der Waals surface area contributed by atoms with E-state index in [-0.39, 0.29) is 27.8 Å². The lowest BCUT2D eigenvalue weighted by atomic mass is 9.72. The van der Waals surface area contributed by atoms with Crippen LogP contribution in [0.4, 0.5) is 0 Å². The van der Waals surface area contributed by atoms with Crippen molar-refractivity contribution in [3.05, 3.63) is 88.5 Å². The molecule has 0 aliphatic rings. The lowest BCUT2D eigenvalue weighted by Crippen LogP contribution is -2.29. The van der Waals surface area contributed by atoms with Gasteiger partial charge in [0.1, 0.15) is 17.1 Å². The molecule has 0 aliphatic carbocycles. The normalized spacial score (nSPS) is 13.9. The molecule has 0 amide bonds. The van der Waals surface area contributed by atoms with E-state index in [1.165, 1.54) is 14.2 Å². The Balaban J connectivity index is 2.52. The molecule has 1 atom stereocenters. The summed E-state index contributed by atoms with van der Waals surface area (Å²) in [6.07, 6.45) is 0. The van der Waals surface area contributed by atoms with Crippen LogP contribution in [-0.4, -0.2) is 25.3 Å². The Morgan fingerprint density at radius 1 is 0.600 bits per heavy atom. The van der Waals surface area contributed by atoms with Gasteiger partial charge in [-0.15, -0.1) is 0 Å². The zero-order valence-corrected chi connectivity index (χ0v) is 26.7. The van der Waals surface area contributed by atoms with Crippen molar-refractivity contribution < 1.29 is 23.6 Å². The summed E-state index contributed by atoms with van der Waals surface area (Å²) in [5.41, 5.74) is 0.340. The fraction of sp³-hybridized carbons (Fsp3) is 0.412. The molecule has 1 unspecified atom stereocenters. The van der Waals surface area contributed by atoms with Gasteiger partial charge in [-0.3, -0.25) is 9.59 Å². The van der Waals surface area contributed by atoms with Crippen molar-refractivity contribution in [2.75, 3.05) is 14.2 Å². The lowest BCUT2D eigenvalue weighted by Gasteiger charge is -2.34. The van der Waals surface area contributed by atoms with Gasteiger partial charge < -0.3 is 14.0 Å². The molecule has 0 bridgehead atoms. The molecule has 0 aliphatic heterocycles. The third-order valence-electron chi connectivity index (χ3n) is 7.17. The maximum Gasteiger partial charge on any atom is 0.249 e. The number of methoxy groups -OCH3 is 2. The molecular weight excluding hydrogens is 519 g/mol. The van der Waals surface area contributed by atoms with E-state index in [0.717, 1.165) is 16.7 Å². The van der Waals surface area contributed by atoms with Crippen LogP contribution in [0.1, 0.15) is 99.7 Å². The summed E-state index contributed by atoms with van der Waals surface area (Å²) in [6.45, 7) is 18.6. The second kappa shape index (κ2) is 11.0. The minimum Gasteiger partial charge on any atom is -0.496 e. The van der Waals surface area contributed by atoms with E-state index in [0.29, 0.717) is 5.56 Å². The Morgan fingerprint density at radius 3 is 1.40 bits per heavy atom. The molecule has 0 aromatic heterocycles. The Hall–Kier alpha value is -3.17. The number of benzene rings is 3. The molecule has 0 saturated carbocycles. The molecule has 0 heterocycles. The van der Waals surface area contributed by atoms with E-state index < -0.39 is 29.0 Å². The van der Waals surface area contributed by atoms with Gasteiger partial charge in [0.2, 0.25) is 18.2 Å². The van der Waals surface area contributed by atoms with Crippen LogP contribution in [0.5, 0.6) is 11.5 Å². The highest BCUT2D eigenvalue weighted by Crippen LogP contribution is 2.56. The summed E-state index contributed by atoms with van der Waals surface area (Å²) >= 11 is 0. The van der Waals surface area contributed by atoms with E-state index in [4.69, 9.17) is 9.47 Å². The van der Waals surface area contributed by atoms with Gasteiger partial charge in [-0.05, 0) is 45.1 Å². The van der Waals surface area contributed by atoms with Gasteiger partial charge in [-0.25, -0.2) is 0 Å². The summed E-state index contributed by atoms with van der Waals surface area (Å²) in [5.74, 6) is 0.395. The van der Waals surface area contributed by atoms with Crippen LogP contribution in [0, 0.1) is 0 Å². The molecule has 40 heavy (non-hydrogen) atoms. The van der Waals surface area contributed by atoms with Crippen LogP contribution in [0.25, 0.3) is 0 Å². The number of hydrogen-bond donors (Lipinski definition) is 0. The highest BCUT2D eigenvalue weighted by atomic mass is 31.2. The highest BCUT2D eigenvalue weighted by molar-refractivity contribution is 8.01. The van der Waals surface area contributed by atoms with E-state index in [1.54, 1.807) is 48.5 Å². The number of carbonyl (C=O) groups is 2. The Bertz CT molecular complexity index is 1410. The molecule has 5 nitrogen and oxygen atoms in total. The van der Waals surface area contributed by atoms with Crippen LogP contribution < -0.4 is 14.8 Å². The molecule has 3 aromatic rings. The van der Waals surface area contributed by atoms with Gasteiger partial charge in [-0.1, -0.05) is 111 Å². The molecule has 3 rings (SSSR count). The predicted molar refractivity (Wildman–Crippen MR) is 164 cm³/mol. The summed E-state index contributed by atoms with van der Waals surface area (Å²) in [6, 6.07) is 17.3. The van der Waals surface area contributed by atoms with E-state index in [2.05, 4.69) is 20.8 Å². The van der Waals surface area contributed by atoms with Gasteiger partial charge in [-0.2, -0.15) is 0 Å². The van der Waals surface area contributed by atoms with Crippen LogP contribution in [0.2, 0.25) is 0 Å². The zero-order chi connectivity index (χ0) is 30.3. The zero-order valence-electron chi connectivity index (χ0n) is 25.8. The number of hydrogen-bond acceptors (Lipinski definition) is 5. The van der Waals surface area contributed by atoms with Gasteiger partial charge in [0, 0.05) is 10.9 Å². The molecule has 0 radical (unpaired) electrons. The molecular formula is C34H43O5P.